The lowest BCUT2D eigenvalue weighted by Crippen LogP contribution is -2.16. The van der Waals surface area contributed by atoms with E-state index in [2.05, 4.69) is 44.1 Å². The molecule has 2 aromatic carbocycles. The van der Waals surface area contributed by atoms with Gasteiger partial charge in [0, 0.05) is 25.1 Å². The van der Waals surface area contributed by atoms with E-state index in [9.17, 15) is 4.79 Å². The molecule has 0 unspecified atom stereocenters. The van der Waals surface area contributed by atoms with Gasteiger partial charge in [0.15, 0.2) is 5.78 Å². The second-order valence-corrected chi connectivity index (χ2v) is 8.14. The predicted molar refractivity (Wildman–Crippen MR) is 117 cm³/mol. The van der Waals surface area contributed by atoms with Crippen molar-refractivity contribution in [1.29, 1.82) is 0 Å². The number of Topliss-reactive ketones (excluding diaryl/α,β-unsaturated/α-hetero) is 1. The van der Waals surface area contributed by atoms with E-state index in [4.69, 9.17) is 9.47 Å². The summed E-state index contributed by atoms with van der Waals surface area (Å²) < 4.78 is 11.7. The number of carbonyl (C=O) groups excluding carboxylic acids is 1. The first-order valence-corrected chi connectivity index (χ1v) is 10.3. The van der Waals surface area contributed by atoms with Crippen LogP contribution in [0.4, 0.5) is 0 Å². The molecule has 0 heterocycles. The fraction of sp³-hybridized carbons (Fsp3) is 0.458. The number of hydrogen-bond acceptors (Lipinski definition) is 5. The molecule has 0 amide bonds. The van der Waals surface area contributed by atoms with Crippen LogP contribution in [0.5, 0.6) is 11.5 Å². The van der Waals surface area contributed by atoms with Crippen LogP contribution in [0.25, 0.3) is 11.1 Å². The van der Waals surface area contributed by atoms with Crippen molar-refractivity contribution in [2.45, 2.75) is 19.3 Å². The van der Waals surface area contributed by atoms with Gasteiger partial charge in [-0.25, -0.2) is 0 Å². The van der Waals surface area contributed by atoms with Crippen molar-refractivity contribution in [1.82, 2.24) is 9.80 Å². The van der Waals surface area contributed by atoms with Gasteiger partial charge in [-0.1, -0.05) is 6.07 Å². The summed E-state index contributed by atoms with van der Waals surface area (Å²) in [5.41, 5.74) is 3.88. The van der Waals surface area contributed by atoms with Gasteiger partial charge in [0.25, 0.3) is 0 Å². The smallest absolute Gasteiger partial charge is 0.168 e. The average molecular weight is 397 g/mol. The molecule has 156 valence electrons. The third-order valence-electron chi connectivity index (χ3n) is 5.05. The van der Waals surface area contributed by atoms with Crippen LogP contribution in [0.3, 0.4) is 0 Å². The predicted octanol–water partition coefficient (Wildman–Crippen LogP) is 3.75. The van der Waals surface area contributed by atoms with Crippen molar-refractivity contribution in [3.05, 3.63) is 47.5 Å². The second-order valence-electron chi connectivity index (χ2n) is 8.14. The molecule has 3 rings (SSSR count). The maximum absolute atomic E-state index is 12.8. The lowest BCUT2D eigenvalue weighted by Gasteiger charge is -2.21. The van der Waals surface area contributed by atoms with E-state index in [-0.39, 0.29) is 5.78 Å². The molecule has 0 aromatic heterocycles. The zero-order valence-electron chi connectivity index (χ0n) is 18.0. The van der Waals surface area contributed by atoms with Crippen LogP contribution in [-0.4, -0.2) is 70.1 Å². The van der Waals surface area contributed by atoms with Gasteiger partial charge in [0.2, 0.25) is 0 Å². The molecule has 1 aliphatic rings. The summed E-state index contributed by atoms with van der Waals surface area (Å²) in [6.45, 7) is 3.30. The number of rotatable bonds is 10. The third kappa shape index (κ3) is 5.81. The van der Waals surface area contributed by atoms with E-state index in [1.54, 1.807) is 0 Å². The number of fused-ring (bicyclic) bond motifs is 3. The van der Waals surface area contributed by atoms with Gasteiger partial charge >= 0.3 is 0 Å². The molecule has 0 atom stereocenters. The monoisotopic (exact) mass is 396 g/mol. The largest absolute Gasteiger partial charge is 0.494 e. The molecule has 2 aromatic rings. The highest BCUT2D eigenvalue weighted by Gasteiger charge is 2.23. The van der Waals surface area contributed by atoms with Gasteiger partial charge in [0.05, 0.1) is 13.2 Å². The van der Waals surface area contributed by atoms with Crippen LogP contribution in [-0.2, 0) is 6.42 Å². The minimum absolute atomic E-state index is 0.135. The Morgan fingerprint density at radius 1 is 0.759 bits per heavy atom. The molecular weight excluding hydrogens is 364 g/mol. The molecule has 0 saturated carbocycles. The van der Waals surface area contributed by atoms with Crippen molar-refractivity contribution in [3.8, 4) is 22.6 Å². The summed E-state index contributed by atoms with van der Waals surface area (Å²) in [5, 5.41) is 0. The molecule has 0 radical (unpaired) electrons. The number of nitrogens with zero attached hydrogens (tertiary/aromatic N) is 2. The average Bonchev–Trinajstić information content (AvgIpc) is 2.68. The lowest BCUT2D eigenvalue weighted by atomic mass is 9.84. The molecule has 29 heavy (non-hydrogen) atoms. The van der Waals surface area contributed by atoms with Crippen molar-refractivity contribution < 1.29 is 14.3 Å². The van der Waals surface area contributed by atoms with Gasteiger partial charge in [-0.05, 0) is 88.1 Å². The standard InChI is InChI=1S/C24H32N2O3/c1-25(2)11-5-13-28-19-7-9-21-18(15-19)16-24(27)23-17-20(8-10-22(21)23)29-14-6-12-26(3)4/h7-10,15,17H,5-6,11-14,16H2,1-4H3. The molecule has 0 aliphatic heterocycles. The van der Waals surface area contributed by atoms with E-state index in [1.165, 1.54) is 0 Å². The molecule has 5 heteroatoms. The summed E-state index contributed by atoms with van der Waals surface area (Å²) in [4.78, 5) is 17.0. The molecule has 0 fully saturated rings. The quantitative estimate of drug-likeness (QED) is 0.572. The van der Waals surface area contributed by atoms with Crippen molar-refractivity contribution in [3.63, 3.8) is 0 Å². The van der Waals surface area contributed by atoms with Crippen molar-refractivity contribution in [2.75, 3.05) is 54.5 Å². The van der Waals surface area contributed by atoms with Crippen LogP contribution >= 0.6 is 0 Å². The van der Waals surface area contributed by atoms with Crippen LogP contribution in [0.2, 0.25) is 0 Å². The van der Waals surface area contributed by atoms with Crippen LogP contribution in [0.1, 0.15) is 28.8 Å². The Balaban J connectivity index is 1.68. The van der Waals surface area contributed by atoms with Gasteiger partial charge in [0.1, 0.15) is 11.5 Å². The molecule has 0 saturated heterocycles. The highest BCUT2D eigenvalue weighted by atomic mass is 16.5. The van der Waals surface area contributed by atoms with Gasteiger partial charge in [-0.15, -0.1) is 0 Å². The van der Waals surface area contributed by atoms with E-state index >= 15 is 0 Å². The summed E-state index contributed by atoms with van der Waals surface area (Å²) in [6.07, 6.45) is 2.34. The van der Waals surface area contributed by atoms with Gasteiger partial charge in [-0.3, -0.25) is 4.79 Å². The van der Waals surface area contributed by atoms with Gasteiger partial charge in [-0.2, -0.15) is 0 Å². The van der Waals surface area contributed by atoms with Crippen molar-refractivity contribution >= 4 is 5.78 Å². The molecule has 5 nitrogen and oxygen atoms in total. The summed E-state index contributed by atoms with van der Waals surface area (Å²) in [7, 11) is 8.22. The first kappa shape index (κ1) is 21.3. The Bertz CT molecular complexity index is 846. The number of ketones is 1. The Kier molecular flexibility index (Phi) is 7.29. The van der Waals surface area contributed by atoms with E-state index in [0.29, 0.717) is 19.6 Å². The Labute approximate surface area is 174 Å². The number of benzene rings is 2. The van der Waals surface area contributed by atoms with Crippen LogP contribution in [0, 0.1) is 0 Å². The molecular formula is C24H32N2O3. The zero-order chi connectivity index (χ0) is 20.8. The maximum Gasteiger partial charge on any atom is 0.168 e. The number of carbonyl (C=O) groups is 1. The van der Waals surface area contributed by atoms with Crippen LogP contribution in [0.15, 0.2) is 36.4 Å². The zero-order valence-corrected chi connectivity index (χ0v) is 18.0. The molecule has 1 aliphatic carbocycles. The number of hydrogen-bond donors (Lipinski definition) is 0. The highest BCUT2D eigenvalue weighted by Crippen LogP contribution is 2.37. The second kappa shape index (κ2) is 9.90. The first-order chi connectivity index (χ1) is 13.9. The summed E-state index contributed by atoms with van der Waals surface area (Å²) in [5.74, 6) is 1.73. The summed E-state index contributed by atoms with van der Waals surface area (Å²) >= 11 is 0. The van der Waals surface area contributed by atoms with Crippen molar-refractivity contribution in [2.24, 2.45) is 0 Å². The Hall–Kier alpha value is -2.37. The van der Waals surface area contributed by atoms with Crippen LogP contribution < -0.4 is 9.47 Å². The fourth-order valence-electron chi connectivity index (χ4n) is 3.56. The van der Waals surface area contributed by atoms with Gasteiger partial charge < -0.3 is 19.3 Å². The van der Waals surface area contributed by atoms with E-state index < -0.39 is 0 Å². The minimum atomic E-state index is 0.135. The molecule has 0 spiro atoms. The molecule has 0 N–H and O–H groups in total. The highest BCUT2D eigenvalue weighted by molar-refractivity contribution is 6.07. The molecule has 0 bridgehead atoms. The topological polar surface area (TPSA) is 42.0 Å². The first-order valence-electron chi connectivity index (χ1n) is 10.3. The fourth-order valence-corrected chi connectivity index (χ4v) is 3.56. The maximum atomic E-state index is 12.8. The normalized spacial score (nSPS) is 12.8. The summed E-state index contributed by atoms with van der Waals surface area (Å²) in [6, 6.07) is 11.9. The lowest BCUT2D eigenvalue weighted by molar-refractivity contribution is 0.0991. The van der Waals surface area contributed by atoms with E-state index in [0.717, 1.165) is 59.7 Å². The third-order valence-corrected chi connectivity index (χ3v) is 5.05. The SMILES string of the molecule is CN(C)CCCOc1ccc2c(c1)CC(=O)c1cc(OCCCN(C)C)ccc1-2. The Morgan fingerprint density at radius 2 is 1.31 bits per heavy atom. The van der Waals surface area contributed by atoms with E-state index in [1.807, 2.05) is 30.3 Å². The number of ether oxygens (including phenoxy) is 2. The minimum Gasteiger partial charge on any atom is -0.494 e. The Morgan fingerprint density at radius 3 is 1.90 bits per heavy atom.